The van der Waals surface area contributed by atoms with Crippen LogP contribution in [0.3, 0.4) is 0 Å². The molecule has 0 atom stereocenters. The van der Waals surface area contributed by atoms with Gasteiger partial charge in [-0.15, -0.1) is 0 Å². The third-order valence-corrected chi connectivity index (χ3v) is 5.44. The molecule has 1 aliphatic heterocycles. The highest BCUT2D eigenvalue weighted by Gasteiger charge is 2.21. The van der Waals surface area contributed by atoms with Gasteiger partial charge < -0.3 is 19.9 Å². The van der Waals surface area contributed by atoms with Gasteiger partial charge in [0.05, 0.1) is 0 Å². The number of hydrogen-bond donors (Lipinski definition) is 1. The molecule has 6 heteroatoms. The van der Waals surface area contributed by atoms with E-state index in [9.17, 15) is 9.59 Å². The molecule has 0 unspecified atom stereocenters. The Morgan fingerprint density at radius 1 is 0.719 bits per heavy atom. The molecule has 3 aromatic rings. The maximum atomic E-state index is 12.5. The fourth-order valence-electron chi connectivity index (χ4n) is 3.69. The minimum Gasteiger partial charge on any atom is -0.457 e. The van der Waals surface area contributed by atoms with Crippen LogP contribution in [-0.2, 0) is 9.59 Å². The van der Waals surface area contributed by atoms with Crippen molar-refractivity contribution in [1.82, 2.24) is 4.90 Å². The van der Waals surface area contributed by atoms with Crippen LogP contribution in [0, 0.1) is 0 Å². The van der Waals surface area contributed by atoms with Crippen LogP contribution in [0.5, 0.6) is 11.5 Å². The van der Waals surface area contributed by atoms with E-state index >= 15 is 0 Å². The number of piperazine rings is 1. The van der Waals surface area contributed by atoms with Gasteiger partial charge in [-0.3, -0.25) is 9.59 Å². The van der Waals surface area contributed by atoms with Gasteiger partial charge in [0.1, 0.15) is 11.5 Å². The first kappa shape index (κ1) is 21.4. The second kappa shape index (κ2) is 10.5. The van der Waals surface area contributed by atoms with Crippen molar-refractivity contribution in [3.8, 4) is 11.5 Å². The number of ether oxygens (including phenoxy) is 1. The summed E-state index contributed by atoms with van der Waals surface area (Å²) in [5, 5.41) is 2.85. The summed E-state index contributed by atoms with van der Waals surface area (Å²) in [6.07, 6.45) is 0.381. The molecular formula is C26H27N3O3. The van der Waals surface area contributed by atoms with Gasteiger partial charge in [-0.05, 0) is 48.5 Å². The van der Waals surface area contributed by atoms with Crippen LogP contribution in [0.1, 0.15) is 12.8 Å². The number of carbonyl (C=O) groups excluding carboxylic acids is 2. The van der Waals surface area contributed by atoms with Gasteiger partial charge in [-0.1, -0.05) is 36.4 Å². The molecule has 1 saturated heterocycles. The molecule has 0 bridgehead atoms. The van der Waals surface area contributed by atoms with Crippen molar-refractivity contribution < 1.29 is 14.3 Å². The lowest BCUT2D eigenvalue weighted by Crippen LogP contribution is -2.48. The minimum atomic E-state index is -0.169. The van der Waals surface area contributed by atoms with Crippen LogP contribution in [-0.4, -0.2) is 42.9 Å². The Balaban J connectivity index is 1.19. The molecule has 32 heavy (non-hydrogen) atoms. The van der Waals surface area contributed by atoms with E-state index in [1.165, 1.54) is 5.69 Å². The molecule has 1 N–H and O–H groups in total. The fraction of sp³-hybridized carbons (Fsp3) is 0.231. The standard InChI is InChI=1S/C26H27N3O3/c30-25(27-21-11-13-24(14-12-21)32-23-9-5-2-6-10-23)15-16-26(31)29-19-17-28(18-20-29)22-7-3-1-4-8-22/h1-14H,15-20H2,(H,27,30). The smallest absolute Gasteiger partial charge is 0.224 e. The maximum absolute atomic E-state index is 12.5. The molecule has 3 aromatic carbocycles. The van der Waals surface area contributed by atoms with Gasteiger partial charge >= 0.3 is 0 Å². The molecule has 0 radical (unpaired) electrons. The number of hydrogen-bond acceptors (Lipinski definition) is 4. The van der Waals surface area contributed by atoms with Gasteiger partial charge in [-0.25, -0.2) is 0 Å². The van der Waals surface area contributed by atoms with E-state index in [1.807, 2.05) is 53.4 Å². The summed E-state index contributed by atoms with van der Waals surface area (Å²) < 4.78 is 5.75. The molecular weight excluding hydrogens is 402 g/mol. The predicted molar refractivity (Wildman–Crippen MR) is 126 cm³/mol. The Bertz CT molecular complexity index is 1020. The lowest BCUT2D eigenvalue weighted by atomic mass is 10.2. The topological polar surface area (TPSA) is 61.9 Å². The highest BCUT2D eigenvalue weighted by Crippen LogP contribution is 2.23. The van der Waals surface area contributed by atoms with Crippen molar-refractivity contribution >= 4 is 23.2 Å². The van der Waals surface area contributed by atoms with Crippen LogP contribution >= 0.6 is 0 Å². The number of anilines is 2. The highest BCUT2D eigenvalue weighted by atomic mass is 16.5. The zero-order valence-corrected chi connectivity index (χ0v) is 17.9. The molecule has 1 heterocycles. The number of rotatable bonds is 7. The average Bonchev–Trinajstić information content (AvgIpc) is 2.85. The normalized spacial score (nSPS) is 13.5. The van der Waals surface area contributed by atoms with Gasteiger partial charge in [0.15, 0.2) is 0 Å². The number of benzene rings is 3. The van der Waals surface area contributed by atoms with Crippen LogP contribution in [0.4, 0.5) is 11.4 Å². The first-order valence-electron chi connectivity index (χ1n) is 10.9. The van der Waals surface area contributed by atoms with Crippen LogP contribution in [0.25, 0.3) is 0 Å². The van der Waals surface area contributed by atoms with Gasteiger partial charge in [0, 0.05) is 50.4 Å². The van der Waals surface area contributed by atoms with E-state index in [2.05, 4.69) is 22.3 Å². The maximum Gasteiger partial charge on any atom is 0.224 e. The van der Waals surface area contributed by atoms with Crippen molar-refractivity contribution in [2.75, 3.05) is 36.4 Å². The molecule has 0 spiro atoms. The van der Waals surface area contributed by atoms with Crippen molar-refractivity contribution in [1.29, 1.82) is 0 Å². The summed E-state index contributed by atoms with van der Waals surface area (Å²) >= 11 is 0. The van der Waals surface area contributed by atoms with Crippen LogP contribution in [0.2, 0.25) is 0 Å². The van der Waals surface area contributed by atoms with E-state index in [-0.39, 0.29) is 24.7 Å². The third-order valence-electron chi connectivity index (χ3n) is 5.44. The summed E-state index contributed by atoms with van der Waals surface area (Å²) in [4.78, 5) is 28.9. The summed E-state index contributed by atoms with van der Waals surface area (Å²) in [7, 11) is 0. The van der Waals surface area contributed by atoms with Crippen LogP contribution < -0.4 is 15.0 Å². The van der Waals surface area contributed by atoms with E-state index < -0.39 is 0 Å². The second-order valence-electron chi connectivity index (χ2n) is 7.69. The monoisotopic (exact) mass is 429 g/mol. The Morgan fingerprint density at radius 2 is 1.31 bits per heavy atom. The first-order valence-corrected chi connectivity index (χ1v) is 10.9. The highest BCUT2D eigenvalue weighted by molar-refractivity contribution is 5.93. The summed E-state index contributed by atoms with van der Waals surface area (Å²) in [6, 6.07) is 26.9. The lowest BCUT2D eigenvalue weighted by molar-refractivity contribution is -0.133. The van der Waals surface area contributed by atoms with Gasteiger partial charge in [0.2, 0.25) is 11.8 Å². The number of nitrogens with one attached hydrogen (secondary N) is 1. The van der Waals surface area contributed by atoms with E-state index in [0.717, 1.165) is 18.8 Å². The van der Waals surface area contributed by atoms with Gasteiger partial charge in [0.25, 0.3) is 0 Å². The molecule has 2 amide bonds. The first-order chi connectivity index (χ1) is 15.7. The van der Waals surface area contributed by atoms with E-state index in [0.29, 0.717) is 24.5 Å². The number of carbonyl (C=O) groups is 2. The SMILES string of the molecule is O=C(CCC(=O)N1CCN(c2ccccc2)CC1)Nc1ccc(Oc2ccccc2)cc1. The number of para-hydroxylation sites is 2. The molecule has 0 aromatic heterocycles. The Morgan fingerprint density at radius 3 is 1.97 bits per heavy atom. The van der Waals surface area contributed by atoms with Crippen molar-refractivity contribution in [2.24, 2.45) is 0 Å². The summed E-state index contributed by atoms with van der Waals surface area (Å²) in [6.45, 7) is 2.97. The largest absolute Gasteiger partial charge is 0.457 e. The average molecular weight is 430 g/mol. The van der Waals surface area contributed by atoms with Crippen molar-refractivity contribution in [3.05, 3.63) is 84.9 Å². The molecule has 6 nitrogen and oxygen atoms in total. The third kappa shape index (κ3) is 5.88. The molecule has 1 aliphatic rings. The van der Waals surface area contributed by atoms with Gasteiger partial charge in [-0.2, -0.15) is 0 Å². The molecule has 1 fully saturated rings. The quantitative estimate of drug-likeness (QED) is 0.599. The second-order valence-corrected chi connectivity index (χ2v) is 7.69. The molecule has 4 rings (SSSR count). The van der Waals surface area contributed by atoms with E-state index in [4.69, 9.17) is 4.74 Å². The van der Waals surface area contributed by atoms with Crippen LogP contribution in [0.15, 0.2) is 84.9 Å². The Hall–Kier alpha value is -3.80. The fourth-order valence-corrected chi connectivity index (χ4v) is 3.69. The van der Waals surface area contributed by atoms with Crippen molar-refractivity contribution in [3.63, 3.8) is 0 Å². The number of amides is 2. The zero-order chi connectivity index (χ0) is 22.2. The molecule has 0 aliphatic carbocycles. The Labute approximate surface area is 188 Å². The minimum absolute atomic E-state index is 0.0273. The zero-order valence-electron chi connectivity index (χ0n) is 17.9. The molecule has 0 saturated carbocycles. The lowest BCUT2D eigenvalue weighted by Gasteiger charge is -2.36. The van der Waals surface area contributed by atoms with Crippen molar-refractivity contribution in [2.45, 2.75) is 12.8 Å². The molecule has 164 valence electrons. The summed E-state index contributed by atoms with van der Waals surface area (Å²) in [5.74, 6) is 1.31. The van der Waals surface area contributed by atoms with E-state index in [1.54, 1.807) is 24.3 Å². The Kier molecular flexibility index (Phi) is 7.02. The predicted octanol–water partition coefficient (Wildman–Crippen LogP) is 4.55. The number of nitrogens with zero attached hydrogens (tertiary/aromatic N) is 2. The summed E-state index contributed by atoms with van der Waals surface area (Å²) in [5.41, 5.74) is 1.86.